The number of rotatable bonds is 5. The van der Waals surface area contributed by atoms with E-state index < -0.39 is 0 Å². The fraction of sp³-hybridized carbons (Fsp3) is 0.471. The van der Waals surface area contributed by atoms with Gasteiger partial charge < -0.3 is 14.3 Å². The maximum Gasteiger partial charge on any atom is 0.270 e. The van der Waals surface area contributed by atoms with E-state index >= 15 is 0 Å². The molecule has 2 aliphatic rings. The van der Waals surface area contributed by atoms with E-state index in [1.54, 1.807) is 12.3 Å². The molecule has 1 amide bonds. The van der Waals surface area contributed by atoms with Gasteiger partial charge in [-0.25, -0.2) is 0 Å². The van der Waals surface area contributed by atoms with Crippen LogP contribution in [0.4, 0.5) is 0 Å². The van der Waals surface area contributed by atoms with E-state index in [2.05, 4.69) is 18.0 Å². The molecule has 4 nitrogen and oxygen atoms in total. The average Bonchev–Trinajstić information content (AvgIpc) is 3.37. The summed E-state index contributed by atoms with van der Waals surface area (Å²) in [5, 5.41) is 0.558. The van der Waals surface area contributed by atoms with Crippen LogP contribution in [0.25, 0.3) is 0 Å². The van der Waals surface area contributed by atoms with Crippen LogP contribution in [0.5, 0.6) is 0 Å². The van der Waals surface area contributed by atoms with Crippen molar-refractivity contribution >= 4 is 17.5 Å². The van der Waals surface area contributed by atoms with E-state index in [9.17, 15) is 4.79 Å². The molecule has 22 heavy (non-hydrogen) atoms. The zero-order valence-electron chi connectivity index (χ0n) is 12.5. The van der Waals surface area contributed by atoms with E-state index in [-0.39, 0.29) is 5.91 Å². The molecule has 2 aromatic rings. The second-order valence-electron chi connectivity index (χ2n) is 6.52. The van der Waals surface area contributed by atoms with E-state index in [4.69, 9.17) is 16.0 Å². The zero-order chi connectivity index (χ0) is 15.3. The number of carbonyl (C=O) groups is 1. The highest BCUT2D eigenvalue weighted by molar-refractivity contribution is 6.30. The predicted octanol–water partition coefficient (Wildman–Crippen LogP) is 4.19. The Kier molecular flexibility index (Phi) is 3.30. The Morgan fingerprint density at radius 2 is 2.23 bits per heavy atom. The Bertz CT molecular complexity index is 701. The molecule has 2 aliphatic carbocycles. The summed E-state index contributed by atoms with van der Waals surface area (Å²) in [7, 11) is 0. The lowest BCUT2D eigenvalue weighted by Gasteiger charge is -2.20. The Labute approximate surface area is 134 Å². The van der Waals surface area contributed by atoms with Gasteiger partial charge in [-0.1, -0.05) is 18.5 Å². The molecule has 2 heterocycles. The Balaban J connectivity index is 1.50. The Hall–Kier alpha value is -1.68. The van der Waals surface area contributed by atoms with Crippen LogP contribution in [0.1, 0.15) is 54.1 Å². The molecule has 0 bridgehead atoms. The van der Waals surface area contributed by atoms with Crippen LogP contribution >= 0.6 is 11.6 Å². The van der Waals surface area contributed by atoms with Crippen LogP contribution in [0.2, 0.25) is 5.02 Å². The average molecular weight is 319 g/mol. The molecular formula is C17H19ClN2O2. The molecule has 2 saturated carbocycles. The monoisotopic (exact) mass is 318 g/mol. The van der Waals surface area contributed by atoms with Crippen LogP contribution in [0.3, 0.4) is 0 Å². The molecule has 0 saturated heterocycles. The maximum atomic E-state index is 12.6. The number of hydrogen-bond donors (Lipinski definition) is 1. The standard InChI is InChI=1S/C17H19ClN2O2/c1-10-6-14(10)16-5-4-13(22-16)9-20(12-2-3-12)17(21)15-7-11(18)8-19-15/h4-5,7-8,10,12,14,19H,2-3,6,9H2,1H3/t10-,14-/m0/s1. The smallest absolute Gasteiger partial charge is 0.270 e. The van der Waals surface area contributed by atoms with Gasteiger partial charge in [-0.2, -0.15) is 0 Å². The molecule has 4 rings (SSSR count). The number of halogens is 1. The van der Waals surface area contributed by atoms with Gasteiger partial charge in [0.05, 0.1) is 11.6 Å². The number of furan rings is 1. The molecule has 0 radical (unpaired) electrons. The zero-order valence-corrected chi connectivity index (χ0v) is 13.3. The molecule has 2 atom stereocenters. The van der Waals surface area contributed by atoms with Gasteiger partial charge in [0.1, 0.15) is 17.2 Å². The summed E-state index contributed by atoms with van der Waals surface area (Å²) in [6.45, 7) is 2.77. The highest BCUT2D eigenvalue weighted by Crippen LogP contribution is 2.47. The van der Waals surface area contributed by atoms with Crippen molar-refractivity contribution < 1.29 is 9.21 Å². The van der Waals surface area contributed by atoms with Crippen molar-refractivity contribution in [3.8, 4) is 0 Å². The first-order chi connectivity index (χ1) is 10.6. The van der Waals surface area contributed by atoms with Crippen LogP contribution in [-0.2, 0) is 6.54 Å². The third kappa shape index (κ3) is 2.68. The molecule has 2 aromatic heterocycles. The number of amides is 1. The molecule has 116 valence electrons. The largest absolute Gasteiger partial charge is 0.464 e. The van der Waals surface area contributed by atoms with Crippen molar-refractivity contribution in [3.05, 3.63) is 46.6 Å². The Morgan fingerprint density at radius 3 is 2.82 bits per heavy atom. The van der Waals surface area contributed by atoms with E-state index in [1.807, 2.05) is 11.0 Å². The summed E-state index contributed by atoms with van der Waals surface area (Å²) in [5.41, 5.74) is 0.541. The maximum absolute atomic E-state index is 12.6. The van der Waals surface area contributed by atoms with Gasteiger partial charge in [0, 0.05) is 18.2 Å². The van der Waals surface area contributed by atoms with Crippen molar-refractivity contribution in [1.82, 2.24) is 9.88 Å². The van der Waals surface area contributed by atoms with E-state index in [1.165, 1.54) is 6.42 Å². The lowest BCUT2D eigenvalue weighted by molar-refractivity contribution is 0.0711. The second kappa shape index (κ2) is 5.20. The van der Waals surface area contributed by atoms with Crippen molar-refractivity contribution in [2.75, 3.05) is 0 Å². The van der Waals surface area contributed by atoms with Crippen LogP contribution in [0.15, 0.2) is 28.8 Å². The summed E-state index contributed by atoms with van der Waals surface area (Å²) >= 11 is 5.90. The first kappa shape index (κ1) is 13.9. The van der Waals surface area contributed by atoms with Crippen LogP contribution in [-0.4, -0.2) is 21.8 Å². The second-order valence-corrected chi connectivity index (χ2v) is 6.96. The molecule has 0 spiro atoms. The summed E-state index contributed by atoms with van der Waals surface area (Å²) in [4.78, 5) is 17.5. The van der Waals surface area contributed by atoms with Crippen molar-refractivity contribution in [2.24, 2.45) is 5.92 Å². The predicted molar refractivity (Wildman–Crippen MR) is 83.9 cm³/mol. The van der Waals surface area contributed by atoms with Crippen LogP contribution < -0.4 is 0 Å². The lowest BCUT2D eigenvalue weighted by atomic mass is 10.3. The number of H-pyrrole nitrogens is 1. The van der Waals surface area contributed by atoms with Gasteiger partial charge in [-0.3, -0.25) is 4.79 Å². The fourth-order valence-corrected chi connectivity index (χ4v) is 3.13. The normalized spacial score (nSPS) is 23.5. The fourth-order valence-electron chi connectivity index (χ4n) is 2.96. The van der Waals surface area contributed by atoms with Gasteiger partial charge in [0.25, 0.3) is 5.91 Å². The Morgan fingerprint density at radius 1 is 1.45 bits per heavy atom. The molecule has 5 heteroatoms. The number of aromatic amines is 1. The SMILES string of the molecule is C[C@H]1C[C@@H]1c1ccc(CN(C(=O)c2cc(Cl)c[nH]2)C2CC2)o1. The summed E-state index contributed by atoms with van der Waals surface area (Å²) in [6, 6.07) is 6.07. The van der Waals surface area contributed by atoms with Gasteiger partial charge >= 0.3 is 0 Å². The molecule has 1 N–H and O–H groups in total. The number of hydrogen-bond acceptors (Lipinski definition) is 2. The minimum atomic E-state index is -0.00728. The molecule has 0 aliphatic heterocycles. The molecule has 0 aromatic carbocycles. The summed E-state index contributed by atoms with van der Waals surface area (Å²) in [5.74, 6) is 3.22. The van der Waals surface area contributed by atoms with Gasteiger partial charge in [-0.15, -0.1) is 0 Å². The number of aromatic nitrogens is 1. The lowest BCUT2D eigenvalue weighted by Crippen LogP contribution is -2.32. The molecule has 2 fully saturated rings. The third-order valence-corrected chi connectivity index (χ3v) is 4.83. The van der Waals surface area contributed by atoms with Crippen molar-refractivity contribution in [3.63, 3.8) is 0 Å². The topological polar surface area (TPSA) is 49.2 Å². The van der Waals surface area contributed by atoms with E-state index in [0.29, 0.717) is 29.2 Å². The number of nitrogens with one attached hydrogen (secondary N) is 1. The van der Waals surface area contributed by atoms with Crippen LogP contribution in [0, 0.1) is 5.92 Å². The number of nitrogens with zero attached hydrogens (tertiary/aromatic N) is 1. The minimum Gasteiger partial charge on any atom is -0.464 e. The number of carbonyl (C=O) groups excluding carboxylic acids is 1. The third-order valence-electron chi connectivity index (χ3n) is 4.61. The van der Waals surface area contributed by atoms with Gasteiger partial charge in [-0.05, 0) is 43.4 Å². The van der Waals surface area contributed by atoms with E-state index in [0.717, 1.165) is 30.3 Å². The highest BCUT2D eigenvalue weighted by atomic mass is 35.5. The highest BCUT2D eigenvalue weighted by Gasteiger charge is 2.37. The van der Waals surface area contributed by atoms with Crippen molar-refractivity contribution in [2.45, 2.75) is 44.7 Å². The first-order valence-electron chi connectivity index (χ1n) is 7.85. The molecular weight excluding hydrogens is 300 g/mol. The summed E-state index contributed by atoms with van der Waals surface area (Å²) < 4.78 is 5.95. The minimum absolute atomic E-state index is 0.00728. The quantitative estimate of drug-likeness (QED) is 0.898. The van der Waals surface area contributed by atoms with Gasteiger partial charge in [0.2, 0.25) is 0 Å². The van der Waals surface area contributed by atoms with Crippen molar-refractivity contribution in [1.29, 1.82) is 0 Å². The summed E-state index contributed by atoms with van der Waals surface area (Å²) in [6.07, 6.45) is 4.97. The first-order valence-corrected chi connectivity index (χ1v) is 8.23. The molecule has 0 unspecified atom stereocenters. The van der Waals surface area contributed by atoms with Gasteiger partial charge in [0.15, 0.2) is 0 Å².